The van der Waals surface area contributed by atoms with E-state index in [4.69, 9.17) is 23.7 Å². The molecule has 0 spiro atoms. The minimum Gasteiger partial charge on any atom is -0.463 e. The molecule has 10 heteroatoms. The van der Waals surface area contributed by atoms with Crippen LogP contribution in [0.4, 0.5) is 0 Å². The average molecular weight is 517 g/mol. The summed E-state index contributed by atoms with van der Waals surface area (Å²) in [5.74, 6) is -2.33. The lowest BCUT2D eigenvalue weighted by Gasteiger charge is -2.43. The Labute approximate surface area is 214 Å². The Morgan fingerprint density at radius 2 is 0.972 bits per heavy atom. The Morgan fingerprint density at radius 3 is 1.39 bits per heavy atom. The van der Waals surface area contributed by atoms with E-state index in [1.54, 1.807) is 0 Å². The maximum absolute atomic E-state index is 12.6. The van der Waals surface area contributed by atoms with Crippen molar-refractivity contribution < 1.29 is 48.0 Å². The highest BCUT2D eigenvalue weighted by Crippen LogP contribution is 2.29. The molecule has 1 N–H and O–H groups in total. The van der Waals surface area contributed by atoms with Crippen LogP contribution in [0.5, 0.6) is 0 Å². The quantitative estimate of drug-likeness (QED) is 0.287. The number of carbonyl (C=O) groups excluding carboxylic acids is 4. The van der Waals surface area contributed by atoms with E-state index < -0.39 is 54.6 Å². The summed E-state index contributed by atoms with van der Waals surface area (Å²) >= 11 is 0. The average Bonchev–Trinajstić information content (AvgIpc) is 2.69. The van der Waals surface area contributed by atoms with Crippen molar-refractivity contribution >= 4 is 23.9 Å². The van der Waals surface area contributed by atoms with Gasteiger partial charge in [0, 0.05) is 25.7 Å². The van der Waals surface area contributed by atoms with E-state index in [2.05, 4.69) is 0 Å². The summed E-state index contributed by atoms with van der Waals surface area (Å²) in [5.41, 5.74) is 0. The maximum atomic E-state index is 12.6. The number of ether oxygens (including phenoxy) is 5. The van der Waals surface area contributed by atoms with Crippen molar-refractivity contribution in [3.63, 3.8) is 0 Å². The molecule has 0 radical (unpaired) electrons. The van der Waals surface area contributed by atoms with E-state index in [0.29, 0.717) is 0 Å². The van der Waals surface area contributed by atoms with Crippen molar-refractivity contribution in [2.45, 2.75) is 112 Å². The predicted octanol–water partition coefficient (Wildman–Crippen LogP) is 3.17. The topological polar surface area (TPSA) is 135 Å². The van der Waals surface area contributed by atoms with Gasteiger partial charge in [0.15, 0.2) is 24.6 Å². The monoisotopic (exact) mass is 516 g/mol. The number of hydrogen-bond donors (Lipinski definition) is 1. The molecule has 0 bridgehead atoms. The van der Waals surface area contributed by atoms with Crippen molar-refractivity contribution in [3.8, 4) is 0 Å². The van der Waals surface area contributed by atoms with Gasteiger partial charge in [0.1, 0.15) is 12.7 Å². The highest BCUT2D eigenvalue weighted by Gasteiger charge is 2.52. The fourth-order valence-electron chi connectivity index (χ4n) is 3.60. The normalized spacial score (nSPS) is 24.2. The van der Waals surface area contributed by atoms with Gasteiger partial charge >= 0.3 is 23.9 Å². The molecule has 208 valence electrons. The minimum absolute atomic E-state index is 0.0171. The first-order chi connectivity index (χ1) is 16.7. The molecule has 0 amide bonds. The van der Waals surface area contributed by atoms with Crippen LogP contribution in [0.3, 0.4) is 0 Å². The van der Waals surface area contributed by atoms with Gasteiger partial charge in [0.2, 0.25) is 0 Å². The summed E-state index contributed by atoms with van der Waals surface area (Å²) in [6, 6.07) is 0. The third-order valence-electron chi connectivity index (χ3n) is 5.12. The first kappa shape index (κ1) is 31.8. The van der Waals surface area contributed by atoms with E-state index in [1.165, 1.54) is 0 Å². The van der Waals surface area contributed by atoms with Crippen molar-refractivity contribution in [2.24, 2.45) is 23.7 Å². The molecule has 1 fully saturated rings. The van der Waals surface area contributed by atoms with Crippen molar-refractivity contribution in [2.75, 3.05) is 6.61 Å². The second-order valence-corrected chi connectivity index (χ2v) is 11.0. The second kappa shape index (κ2) is 15.1. The van der Waals surface area contributed by atoms with Crippen LogP contribution in [0.25, 0.3) is 0 Å². The van der Waals surface area contributed by atoms with E-state index in [1.807, 2.05) is 55.4 Å². The highest BCUT2D eigenvalue weighted by atomic mass is 16.7. The van der Waals surface area contributed by atoms with Gasteiger partial charge in [-0.1, -0.05) is 55.4 Å². The molecule has 10 nitrogen and oxygen atoms in total. The first-order valence-electron chi connectivity index (χ1n) is 12.8. The molecule has 0 aromatic rings. The second-order valence-electron chi connectivity index (χ2n) is 11.0. The first-order valence-corrected chi connectivity index (χ1v) is 12.8. The van der Waals surface area contributed by atoms with Crippen LogP contribution in [-0.2, 0) is 42.9 Å². The fourth-order valence-corrected chi connectivity index (χ4v) is 3.60. The van der Waals surface area contributed by atoms with E-state index >= 15 is 0 Å². The number of esters is 4. The summed E-state index contributed by atoms with van der Waals surface area (Å²) in [4.78, 5) is 49.8. The van der Waals surface area contributed by atoms with Crippen LogP contribution in [0.1, 0.15) is 81.1 Å². The van der Waals surface area contributed by atoms with Crippen LogP contribution in [0.2, 0.25) is 0 Å². The Balaban J connectivity index is 3.28. The van der Waals surface area contributed by atoms with Crippen LogP contribution < -0.4 is 0 Å². The van der Waals surface area contributed by atoms with Gasteiger partial charge in [-0.2, -0.15) is 0 Å². The molecule has 1 saturated heterocycles. The maximum Gasteiger partial charge on any atom is 0.306 e. The number of rotatable bonds is 13. The molecule has 0 aliphatic carbocycles. The third-order valence-corrected chi connectivity index (χ3v) is 5.12. The molecule has 5 atom stereocenters. The van der Waals surface area contributed by atoms with Gasteiger partial charge < -0.3 is 28.8 Å². The van der Waals surface area contributed by atoms with Crippen molar-refractivity contribution in [1.29, 1.82) is 0 Å². The van der Waals surface area contributed by atoms with Gasteiger partial charge in [-0.05, 0) is 23.7 Å². The summed E-state index contributed by atoms with van der Waals surface area (Å²) < 4.78 is 27.7. The molecule has 1 rings (SSSR count). The minimum atomic E-state index is -1.70. The summed E-state index contributed by atoms with van der Waals surface area (Å²) in [7, 11) is 0. The lowest BCUT2D eigenvalue weighted by Crippen LogP contribution is -2.62. The van der Waals surface area contributed by atoms with Gasteiger partial charge in [-0.15, -0.1) is 0 Å². The smallest absolute Gasteiger partial charge is 0.306 e. The number of aliphatic hydroxyl groups excluding tert-OH is 1. The Kier molecular flexibility index (Phi) is 13.4. The zero-order valence-electron chi connectivity index (χ0n) is 22.9. The zero-order valence-corrected chi connectivity index (χ0v) is 22.9. The van der Waals surface area contributed by atoms with Crippen molar-refractivity contribution in [3.05, 3.63) is 0 Å². The molecule has 0 aromatic carbocycles. The predicted molar refractivity (Wildman–Crippen MR) is 129 cm³/mol. The van der Waals surface area contributed by atoms with Crippen LogP contribution >= 0.6 is 0 Å². The Morgan fingerprint density at radius 1 is 0.611 bits per heavy atom. The SMILES string of the molecule is CC(C)CC(=O)OCC1OC(O)C(OC(=O)CC(C)C)C(OC(=O)CC(C)C)C1OC(=O)CC(C)C. The van der Waals surface area contributed by atoms with Crippen molar-refractivity contribution in [1.82, 2.24) is 0 Å². The molecular formula is C26H44O10. The fraction of sp³-hybridized carbons (Fsp3) is 0.846. The van der Waals surface area contributed by atoms with Gasteiger partial charge in [-0.3, -0.25) is 19.2 Å². The van der Waals surface area contributed by atoms with Gasteiger partial charge in [0.25, 0.3) is 0 Å². The summed E-state index contributed by atoms with van der Waals surface area (Å²) in [5, 5.41) is 10.7. The molecule has 5 unspecified atom stereocenters. The number of hydrogen-bond acceptors (Lipinski definition) is 10. The van der Waals surface area contributed by atoms with E-state index in [9.17, 15) is 24.3 Å². The number of carbonyl (C=O) groups is 4. The summed E-state index contributed by atoms with van der Waals surface area (Å²) in [6.07, 6.45) is -6.58. The standard InChI is InChI=1S/C26H44O10/c1-14(2)9-19(27)32-13-18-23(34-20(28)10-15(3)4)24(35-21(29)11-16(5)6)25(26(31)33-18)36-22(30)12-17(7)8/h14-18,23-26,31H,9-13H2,1-8H3. The van der Waals surface area contributed by atoms with Gasteiger partial charge in [-0.25, -0.2) is 0 Å². The molecule has 1 heterocycles. The number of aliphatic hydroxyl groups is 1. The van der Waals surface area contributed by atoms with Gasteiger partial charge in [0.05, 0.1) is 0 Å². The third kappa shape index (κ3) is 11.7. The zero-order chi connectivity index (χ0) is 27.6. The molecule has 1 aliphatic heterocycles. The lowest BCUT2D eigenvalue weighted by atomic mass is 9.97. The molecular weight excluding hydrogens is 472 g/mol. The van der Waals surface area contributed by atoms with Crippen LogP contribution in [0, 0.1) is 23.7 Å². The molecule has 1 aliphatic rings. The van der Waals surface area contributed by atoms with Crippen LogP contribution in [0.15, 0.2) is 0 Å². The Bertz CT molecular complexity index is 730. The lowest BCUT2D eigenvalue weighted by molar-refractivity contribution is -0.297. The largest absolute Gasteiger partial charge is 0.463 e. The molecule has 0 saturated carbocycles. The Hall–Kier alpha value is -2.20. The summed E-state index contributed by atoms with van der Waals surface area (Å²) in [6.45, 7) is 14.4. The van der Waals surface area contributed by atoms with Crippen LogP contribution in [-0.4, -0.2) is 66.3 Å². The molecule has 0 aromatic heterocycles. The van der Waals surface area contributed by atoms with E-state index in [0.717, 1.165) is 0 Å². The molecule has 36 heavy (non-hydrogen) atoms. The highest BCUT2D eigenvalue weighted by molar-refractivity contribution is 5.72. The van der Waals surface area contributed by atoms with E-state index in [-0.39, 0.29) is 56.0 Å².